The first-order chi connectivity index (χ1) is 11.2. The van der Waals surface area contributed by atoms with Crippen molar-refractivity contribution in [3.05, 3.63) is 53.2 Å². The molecule has 124 valence electrons. The molecule has 0 atom stereocenters. The third-order valence-electron chi connectivity index (χ3n) is 3.83. The molecule has 1 aromatic carbocycles. The van der Waals surface area contributed by atoms with Gasteiger partial charge in [0.05, 0.1) is 0 Å². The summed E-state index contributed by atoms with van der Waals surface area (Å²) >= 11 is 0. The fraction of sp³-hybridized carbons (Fsp3) is 0.278. The molecule has 0 fully saturated rings. The quantitative estimate of drug-likeness (QED) is 0.776. The van der Waals surface area contributed by atoms with E-state index >= 15 is 0 Å². The van der Waals surface area contributed by atoms with Crippen LogP contribution in [0.3, 0.4) is 0 Å². The molecule has 1 N–H and O–H groups in total. The highest BCUT2D eigenvalue weighted by molar-refractivity contribution is 6.02. The van der Waals surface area contributed by atoms with Crippen molar-refractivity contribution in [3.63, 3.8) is 0 Å². The molecular weight excluding hydrogens is 309 g/mol. The Morgan fingerprint density at radius 1 is 1.21 bits per heavy atom. The van der Waals surface area contributed by atoms with E-state index in [0.29, 0.717) is 22.6 Å². The molecule has 3 rings (SSSR count). The van der Waals surface area contributed by atoms with E-state index in [0.717, 1.165) is 5.69 Å². The number of pyridine rings is 1. The van der Waals surface area contributed by atoms with E-state index in [1.807, 2.05) is 27.7 Å². The lowest BCUT2D eigenvalue weighted by Gasteiger charge is -2.11. The van der Waals surface area contributed by atoms with E-state index < -0.39 is 5.97 Å². The lowest BCUT2D eigenvalue weighted by Crippen LogP contribution is -2.13. The molecule has 0 radical (unpaired) electrons. The molecule has 0 aliphatic carbocycles. The van der Waals surface area contributed by atoms with Gasteiger partial charge in [-0.25, -0.2) is 18.7 Å². The number of hydrogen-bond donors (Lipinski definition) is 1. The first-order valence-corrected chi connectivity index (χ1v) is 7.58. The first kappa shape index (κ1) is 16.1. The Balaban J connectivity index is 2.36. The topological polar surface area (TPSA) is 67.5 Å². The van der Waals surface area contributed by atoms with E-state index in [9.17, 15) is 14.3 Å². The second kappa shape index (κ2) is 5.40. The van der Waals surface area contributed by atoms with Crippen molar-refractivity contribution >= 4 is 11.6 Å². The van der Waals surface area contributed by atoms with Crippen LogP contribution in [0, 0.1) is 12.7 Å². The average molecular weight is 327 g/mol. The third kappa shape index (κ3) is 2.64. The Morgan fingerprint density at radius 2 is 1.83 bits per heavy atom. The minimum absolute atomic E-state index is 0.0650. The van der Waals surface area contributed by atoms with Crippen molar-refractivity contribution in [2.24, 2.45) is 0 Å². The Kier molecular flexibility index (Phi) is 3.63. The molecule has 0 aliphatic heterocycles. The number of carbonyl (C=O) groups is 1. The molecule has 2 heterocycles. The van der Waals surface area contributed by atoms with Gasteiger partial charge in [-0.05, 0) is 30.7 Å². The van der Waals surface area contributed by atoms with Crippen LogP contribution in [0.5, 0.6) is 0 Å². The van der Waals surface area contributed by atoms with Crippen molar-refractivity contribution in [1.29, 1.82) is 0 Å². The van der Waals surface area contributed by atoms with Crippen molar-refractivity contribution in [2.45, 2.75) is 33.1 Å². The van der Waals surface area contributed by atoms with Crippen molar-refractivity contribution in [3.8, 4) is 11.1 Å². The van der Waals surface area contributed by atoms with Gasteiger partial charge in [0.15, 0.2) is 11.5 Å². The minimum Gasteiger partial charge on any atom is -0.478 e. The van der Waals surface area contributed by atoms with Gasteiger partial charge in [0.25, 0.3) is 0 Å². The summed E-state index contributed by atoms with van der Waals surface area (Å²) in [5.74, 6) is -0.887. The van der Waals surface area contributed by atoms with Crippen LogP contribution in [0.4, 0.5) is 4.39 Å². The van der Waals surface area contributed by atoms with Crippen LogP contribution in [0.1, 0.15) is 42.6 Å². The number of halogens is 1. The molecule has 6 heteroatoms. The highest BCUT2D eigenvalue weighted by atomic mass is 19.1. The first-order valence-electron chi connectivity index (χ1n) is 7.58. The fourth-order valence-corrected chi connectivity index (χ4v) is 2.57. The summed E-state index contributed by atoms with van der Waals surface area (Å²) in [4.78, 5) is 16.4. The van der Waals surface area contributed by atoms with E-state index in [1.54, 1.807) is 22.7 Å². The Morgan fingerprint density at radius 3 is 2.38 bits per heavy atom. The van der Waals surface area contributed by atoms with Gasteiger partial charge in [0.2, 0.25) is 0 Å². The Hall–Kier alpha value is -2.76. The zero-order valence-electron chi connectivity index (χ0n) is 14.0. The molecule has 0 unspecified atom stereocenters. The monoisotopic (exact) mass is 327 g/mol. The van der Waals surface area contributed by atoms with Crippen molar-refractivity contribution < 1.29 is 14.3 Å². The number of fused-ring (bicyclic) bond motifs is 1. The van der Waals surface area contributed by atoms with Crippen LogP contribution in [0.2, 0.25) is 0 Å². The summed E-state index contributed by atoms with van der Waals surface area (Å²) in [6.45, 7) is 7.75. The largest absolute Gasteiger partial charge is 0.478 e. The van der Waals surface area contributed by atoms with Gasteiger partial charge < -0.3 is 5.11 Å². The highest BCUT2D eigenvalue weighted by Gasteiger charge is 2.25. The molecule has 2 aromatic heterocycles. The SMILES string of the molecule is Cc1cc(-c2ccc(F)cc2)c(C(=O)O)c2nc(C(C)(C)C)nn12. The number of hydrogen-bond acceptors (Lipinski definition) is 3. The predicted molar refractivity (Wildman–Crippen MR) is 88.8 cm³/mol. The number of rotatable bonds is 2. The molecule has 0 spiro atoms. The van der Waals surface area contributed by atoms with Crippen LogP contribution >= 0.6 is 0 Å². The molecule has 5 nitrogen and oxygen atoms in total. The fourth-order valence-electron chi connectivity index (χ4n) is 2.57. The van der Waals surface area contributed by atoms with Gasteiger partial charge in [0, 0.05) is 16.7 Å². The van der Waals surface area contributed by atoms with Gasteiger partial charge in [-0.3, -0.25) is 0 Å². The van der Waals surface area contributed by atoms with E-state index in [-0.39, 0.29) is 16.8 Å². The van der Waals surface area contributed by atoms with Crippen LogP contribution < -0.4 is 0 Å². The van der Waals surface area contributed by atoms with Crippen LogP contribution in [-0.2, 0) is 5.41 Å². The van der Waals surface area contributed by atoms with Gasteiger partial charge in [-0.15, -0.1) is 0 Å². The number of aryl methyl sites for hydroxylation is 1. The smallest absolute Gasteiger partial charge is 0.340 e. The average Bonchev–Trinajstić information content (AvgIpc) is 2.93. The lowest BCUT2D eigenvalue weighted by molar-refractivity contribution is 0.0699. The molecule has 0 saturated heterocycles. The predicted octanol–water partition coefficient (Wildman–Crippen LogP) is 3.84. The highest BCUT2D eigenvalue weighted by Crippen LogP contribution is 2.30. The maximum atomic E-state index is 13.2. The standard InChI is InChI=1S/C18H18FN3O2/c1-10-9-13(11-5-7-12(19)8-6-11)14(16(23)24)15-20-17(18(2,3)4)21-22(10)15/h5-9H,1-4H3,(H,23,24). The summed E-state index contributed by atoms with van der Waals surface area (Å²) in [7, 11) is 0. The van der Waals surface area contributed by atoms with Gasteiger partial charge >= 0.3 is 5.97 Å². The number of carboxylic acids is 1. The molecule has 24 heavy (non-hydrogen) atoms. The van der Waals surface area contributed by atoms with E-state index in [4.69, 9.17) is 0 Å². The summed E-state index contributed by atoms with van der Waals surface area (Å²) < 4.78 is 14.7. The Labute approximate surface area is 138 Å². The van der Waals surface area contributed by atoms with E-state index in [1.165, 1.54) is 12.1 Å². The zero-order valence-corrected chi connectivity index (χ0v) is 14.0. The number of carboxylic acid groups (broad SMARTS) is 1. The molecule has 3 aromatic rings. The maximum Gasteiger partial charge on any atom is 0.340 e. The van der Waals surface area contributed by atoms with Gasteiger partial charge in [0.1, 0.15) is 11.4 Å². The summed E-state index contributed by atoms with van der Waals surface area (Å²) in [5, 5.41) is 14.2. The summed E-state index contributed by atoms with van der Waals surface area (Å²) in [5.41, 5.74) is 1.95. The van der Waals surface area contributed by atoms with Crippen molar-refractivity contribution in [1.82, 2.24) is 14.6 Å². The minimum atomic E-state index is -1.09. The summed E-state index contributed by atoms with van der Waals surface area (Å²) in [6, 6.07) is 7.49. The molecule has 0 bridgehead atoms. The molecular formula is C18H18FN3O2. The summed E-state index contributed by atoms with van der Waals surface area (Å²) in [6.07, 6.45) is 0. The zero-order chi connectivity index (χ0) is 17.6. The maximum absolute atomic E-state index is 13.2. The number of nitrogens with zero attached hydrogens (tertiary/aromatic N) is 3. The normalized spacial score (nSPS) is 11.9. The van der Waals surface area contributed by atoms with Crippen molar-refractivity contribution in [2.75, 3.05) is 0 Å². The Bertz CT molecular complexity index is 938. The number of aromatic nitrogens is 3. The lowest BCUT2D eigenvalue weighted by atomic mass is 9.96. The van der Waals surface area contributed by atoms with E-state index in [2.05, 4.69) is 10.1 Å². The second-order valence-electron chi connectivity index (χ2n) is 6.81. The third-order valence-corrected chi connectivity index (χ3v) is 3.83. The van der Waals surface area contributed by atoms with Crippen LogP contribution in [-0.4, -0.2) is 25.7 Å². The van der Waals surface area contributed by atoms with Gasteiger partial charge in [-0.2, -0.15) is 5.10 Å². The van der Waals surface area contributed by atoms with Crippen LogP contribution in [0.15, 0.2) is 30.3 Å². The molecule has 0 aliphatic rings. The number of aromatic carboxylic acids is 1. The van der Waals surface area contributed by atoms with Gasteiger partial charge in [-0.1, -0.05) is 32.9 Å². The van der Waals surface area contributed by atoms with Crippen LogP contribution in [0.25, 0.3) is 16.8 Å². The number of benzene rings is 1. The second-order valence-corrected chi connectivity index (χ2v) is 6.81. The molecule has 0 saturated carbocycles. The molecule has 0 amide bonds.